The maximum absolute atomic E-state index is 5.99. The molecule has 2 unspecified atom stereocenters. The Balaban J connectivity index is 1.46. The summed E-state index contributed by atoms with van der Waals surface area (Å²) in [6, 6.07) is 8.29. The van der Waals surface area contributed by atoms with Gasteiger partial charge in [-0.2, -0.15) is 0 Å². The highest BCUT2D eigenvalue weighted by molar-refractivity contribution is 5.80. The first kappa shape index (κ1) is 19.8. The number of nitrogens with zero attached hydrogens (tertiary/aromatic N) is 3. The fraction of sp³-hybridized carbons (Fsp3) is 0.650. The van der Waals surface area contributed by atoms with Crippen LogP contribution in [0.25, 0.3) is 0 Å². The van der Waals surface area contributed by atoms with Crippen LogP contribution in [0, 0.1) is 0 Å². The van der Waals surface area contributed by atoms with E-state index in [-0.39, 0.29) is 6.10 Å². The lowest BCUT2D eigenvalue weighted by Gasteiger charge is -2.32. The molecule has 2 fully saturated rings. The number of likely N-dealkylation sites (tertiary alicyclic amines) is 1. The summed E-state index contributed by atoms with van der Waals surface area (Å²) in [5.41, 5.74) is 0. The number of hydrogen-bond acceptors (Lipinski definition) is 5. The highest BCUT2D eigenvalue weighted by atomic mass is 16.5. The third-order valence-electron chi connectivity index (χ3n) is 5.16. The first-order chi connectivity index (χ1) is 13.2. The Bertz CT molecular complexity index is 619. The Morgan fingerprint density at radius 1 is 1.30 bits per heavy atom. The van der Waals surface area contributed by atoms with Crippen molar-refractivity contribution >= 4 is 5.96 Å². The second-order valence-corrected chi connectivity index (χ2v) is 7.07. The number of benzene rings is 1. The van der Waals surface area contributed by atoms with E-state index in [4.69, 9.17) is 14.2 Å². The minimum absolute atomic E-state index is 0.0199. The summed E-state index contributed by atoms with van der Waals surface area (Å²) >= 11 is 0. The number of hydrogen-bond donors (Lipinski definition) is 1. The minimum Gasteiger partial charge on any atom is -0.497 e. The molecular weight excluding hydrogens is 344 g/mol. The van der Waals surface area contributed by atoms with Crippen molar-refractivity contribution in [2.75, 3.05) is 60.1 Å². The van der Waals surface area contributed by atoms with Gasteiger partial charge in [0.2, 0.25) is 0 Å². The second kappa shape index (κ2) is 9.80. The molecule has 2 atom stereocenters. The summed E-state index contributed by atoms with van der Waals surface area (Å²) in [7, 11) is 3.51. The van der Waals surface area contributed by atoms with Crippen molar-refractivity contribution in [3.05, 3.63) is 24.3 Å². The van der Waals surface area contributed by atoms with Crippen LogP contribution in [0.5, 0.6) is 11.5 Å². The molecule has 2 aliphatic heterocycles. The SMILES string of the molecule is CN=C(NCC(C)Oc1cccc(OC)c1)N1CCC(N2CCOCC2)C1. The molecule has 0 spiro atoms. The molecule has 1 aromatic carbocycles. The van der Waals surface area contributed by atoms with Crippen LogP contribution in [-0.4, -0.2) is 88.0 Å². The maximum Gasteiger partial charge on any atom is 0.193 e. The van der Waals surface area contributed by atoms with Crippen LogP contribution in [0.15, 0.2) is 29.3 Å². The molecule has 7 heteroatoms. The van der Waals surface area contributed by atoms with Crippen LogP contribution >= 0.6 is 0 Å². The molecule has 2 heterocycles. The van der Waals surface area contributed by atoms with Crippen molar-refractivity contribution in [3.63, 3.8) is 0 Å². The van der Waals surface area contributed by atoms with Crippen molar-refractivity contribution in [2.45, 2.75) is 25.5 Å². The van der Waals surface area contributed by atoms with Gasteiger partial charge >= 0.3 is 0 Å². The third-order valence-corrected chi connectivity index (χ3v) is 5.16. The predicted molar refractivity (Wildman–Crippen MR) is 107 cm³/mol. The topological polar surface area (TPSA) is 58.6 Å². The van der Waals surface area contributed by atoms with Crippen molar-refractivity contribution in [2.24, 2.45) is 4.99 Å². The number of ether oxygens (including phenoxy) is 3. The Hall–Kier alpha value is -1.99. The van der Waals surface area contributed by atoms with E-state index in [1.165, 1.54) is 6.42 Å². The van der Waals surface area contributed by atoms with E-state index in [9.17, 15) is 0 Å². The van der Waals surface area contributed by atoms with E-state index in [1.807, 2.05) is 31.3 Å². The zero-order valence-electron chi connectivity index (χ0n) is 16.7. The summed E-state index contributed by atoms with van der Waals surface area (Å²) in [6.07, 6.45) is 1.20. The lowest BCUT2D eigenvalue weighted by atomic mass is 10.2. The van der Waals surface area contributed by atoms with E-state index >= 15 is 0 Å². The van der Waals surface area contributed by atoms with E-state index in [0.717, 1.165) is 56.9 Å². The predicted octanol–water partition coefficient (Wildman–Crippen LogP) is 1.44. The molecule has 1 aromatic rings. The van der Waals surface area contributed by atoms with Gasteiger partial charge in [0.25, 0.3) is 0 Å². The van der Waals surface area contributed by atoms with E-state index in [1.54, 1.807) is 7.11 Å². The molecule has 2 aliphatic rings. The van der Waals surface area contributed by atoms with Gasteiger partial charge in [0.05, 0.1) is 26.9 Å². The molecule has 0 amide bonds. The average Bonchev–Trinajstić information content (AvgIpc) is 3.19. The molecule has 0 aliphatic carbocycles. The summed E-state index contributed by atoms with van der Waals surface area (Å²) in [5.74, 6) is 2.56. The quantitative estimate of drug-likeness (QED) is 0.599. The van der Waals surface area contributed by atoms with Crippen molar-refractivity contribution in [1.82, 2.24) is 15.1 Å². The minimum atomic E-state index is 0.0199. The first-order valence-electron chi connectivity index (χ1n) is 9.77. The van der Waals surface area contributed by atoms with Crippen molar-refractivity contribution in [1.29, 1.82) is 0 Å². The van der Waals surface area contributed by atoms with Crippen LogP contribution in [0.3, 0.4) is 0 Å². The van der Waals surface area contributed by atoms with Gasteiger partial charge in [0, 0.05) is 45.3 Å². The molecule has 0 aromatic heterocycles. The van der Waals surface area contributed by atoms with Gasteiger partial charge in [0.15, 0.2) is 5.96 Å². The highest BCUT2D eigenvalue weighted by Crippen LogP contribution is 2.20. The fourth-order valence-corrected chi connectivity index (χ4v) is 3.69. The number of rotatable bonds is 6. The van der Waals surface area contributed by atoms with Gasteiger partial charge in [-0.1, -0.05) is 6.07 Å². The zero-order valence-corrected chi connectivity index (χ0v) is 16.7. The van der Waals surface area contributed by atoms with Crippen LogP contribution in [0.1, 0.15) is 13.3 Å². The number of morpholine rings is 1. The van der Waals surface area contributed by atoms with Crippen LogP contribution in [0.2, 0.25) is 0 Å². The Labute approximate surface area is 162 Å². The largest absolute Gasteiger partial charge is 0.497 e. The second-order valence-electron chi connectivity index (χ2n) is 7.07. The lowest BCUT2D eigenvalue weighted by Crippen LogP contribution is -2.47. The number of aliphatic imine (C=N–C) groups is 1. The van der Waals surface area contributed by atoms with Crippen LogP contribution < -0.4 is 14.8 Å². The first-order valence-corrected chi connectivity index (χ1v) is 9.77. The molecule has 27 heavy (non-hydrogen) atoms. The molecule has 7 nitrogen and oxygen atoms in total. The van der Waals surface area contributed by atoms with E-state index < -0.39 is 0 Å². The number of methoxy groups -OCH3 is 1. The highest BCUT2D eigenvalue weighted by Gasteiger charge is 2.30. The van der Waals surface area contributed by atoms with Crippen molar-refractivity contribution < 1.29 is 14.2 Å². The Morgan fingerprint density at radius 2 is 2.07 bits per heavy atom. The fourth-order valence-electron chi connectivity index (χ4n) is 3.69. The van der Waals surface area contributed by atoms with Gasteiger partial charge in [-0.15, -0.1) is 0 Å². The zero-order chi connectivity index (χ0) is 19.1. The third kappa shape index (κ3) is 5.49. The van der Waals surface area contributed by atoms with Gasteiger partial charge in [-0.25, -0.2) is 0 Å². The molecule has 0 saturated carbocycles. The van der Waals surface area contributed by atoms with Gasteiger partial charge in [-0.05, 0) is 25.5 Å². The number of nitrogens with one attached hydrogen (secondary N) is 1. The maximum atomic E-state index is 5.99. The monoisotopic (exact) mass is 376 g/mol. The molecule has 150 valence electrons. The molecular formula is C20H32N4O3. The van der Waals surface area contributed by atoms with Gasteiger partial charge in [-0.3, -0.25) is 9.89 Å². The Kier molecular flexibility index (Phi) is 7.18. The Morgan fingerprint density at radius 3 is 2.81 bits per heavy atom. The average molecular weight is 377 g/mol. The van der Waals surface area contributed by atoms with Gasteiger partial charge in [0.1, 0.15) is 17.6 Å². The summed E-state index contributed by atoms with van der Waals surface area (Å²) < 4.78 is 16.7. The normalized spacial score (nSPS) is 22.6. The molecule has 2 saturated heterocycles. The van der Waals surface area contributed by atoms with Crippen LogP contribution in [0.4, 0.5) is 0 Å². The van der Waals surface area contributed by atoms with E-state index in [0.29, 0.717) is 12.6 Å². The van der Waals surface area contributed by atoms with Crippen LogP contribution in [-0.2, 0) is 4.74 Å². The molecule has 3 rings (SSSR count). The number of guanidine groups is 1. The lowest BCUT2D eigenvalue weighted by molar-refractivity contribution is 0.0194. The summed E-state index contributed by atoms with van der Waals surface area (Å²) in [5, 5.41) is 3.46. The standard InChI is InChI=1S/C20H32N4O3/c1-16(27-19-6-4-5-18(13-19)25-3)14-22-20(21-2)24-8-7-17(15-24)23-9-11-26-12-10-23/h4-6,13,16-17H,7-12,14-15H2,1-3H3,(H,21,22). The summed E-state index contributed by atoms with van der Waals surface area (Å²) in [6.45, 7) is 8.58. The smallest absolute Gasteiger partial charge is 0.193 e. The van der Waals surface area contributed by atoms with E-state index in [2.05, 4.69) is 27.0 Å². The van der Waals surface area contributed by atoms with Crippen molar-refractivity contribution in [3.8, 4) is 11.5 Å². The molecule has 1 N–H and O–H groups in total. The van der Waals surface area contributed by atoms with Gasteiger partial charge < -0.3 is 24.4 Å². The molecule has 0 bridgehead atoms. The molecule has 0 radical (unpaired) electrons. The summed E-state index contributed by atoms with van der Waals surface area (Å²) in [4.78, 5) is 9.36.